The molecule has 0 spiro atoms. The summed E-state index contributed by atoms with van der Waals surface area (Å²) in [5, 5.41) is 2.81. The number of rotatable bonds is 6. The molecule has 0 aliphatic rings. The van der Waals surface area contributed by atoms with Crippen LogP contribution in [0.15, 0.2) is 24.3 Å². The summed E-state index contributed by atoms with van der Waals surface area (Å²) in [7, 11) is 0. The van der Waals surface area contributed by atoms with Gasteiger partial charge in [-0.1, -0.05) is 19.1 Å². The summed E-state index contributed by atoms with van der Waals surface area (Å²) >= 11 is 0. The molecule has 0 saturated heterocycles. The zero-order chi connectivity index (χ0) is 16.0. The van der Waals surface area contributed by atoms with Crippen molar-refractivity contribution in [2.75, 3.05) is 12.3 Å². The van der Waals surface area contributed by atoms with Gasteiger partial charge in [-0.15, -0.1) is 0 Å². The molecule has 116 valence electrons. The predicted molar refractivity (Wildman–Crippen MR) is 82.7 cm³/mol. The molecule has 1 aromatic rings. The molecule has 1 amide bonds. The average Bonchev–Trinajstić information content (AvgIpc) is 2.43. The van der Waals surface area contributed by atoms with Crippen molar-refractivity contribution in [2.24, 2.45) is 0 Å². The Morgan fingerprint density at radius 2 is 2.05 bits per heavy atom. The van der Waals surface area contributed by atoms with E-state index in [0.29, 0.717) is 5.69 Å². The molecular weight excluding hydrogens is 268 g/mol. The van der Waals surface area contributed by atoms with Gasteiger partial charge in [0.2, 0.25) is 0 Å². The molecule has 3 N–H and O–H groups in total. The second-order valence-electron chi connectivity index (χ2n) is 5.79. The van der Waals surface area contributed by atoms with Crippen LogP contribution in [-0.2, 0) is 14.3 Å². The second kappa shape index (κ2) is 7.11. The first kappa shape index (κ1) is 17.0. The third-order valence-electron chi connectivity index (χ3n) is 3.47. The van der Waals surface area contributed by atoms with Crippen LogP contribution in [0.1, 0.15) is 45.6 Å². The lowest BCUT2D eigenvalue weighted by atomic mass is 10.0. The highest BCUT2D eigenvalue weighted by Gasteiger charge is 2.21. The number of nitrogens with one attached hydrogen (secondary N) is 1. The fourth-order valence-electron chi connectivity index (χ4n) is 1.73. The maximum atomic E-state index is 12.0. The van der Waals surface area contributed by atoms with Crippen molar-refractivity contribution in [2.45, 2.75) is 45.6 Å². The number of ether oxygens (including phenoxy) is 1. The first-order valence-electron chi connectivity index (χ1n) is 7.08. The molecule has 0 heterocycles. The number of nitrogens with two attached hydrogens (primary N) is 1. The molecule has 0 aliphatic heterocycles. The summed E-state index contributed by atoms with van der Waals surface area (Å²) in [6.45, 7) is 7.28. The van der Waals surface area contributed by atoms with Crippen molar-refractivity contribution < 1.29 is 14.3 Å². The molecule has 0 radical (unpaired) electrons. The van der Waals surface area contributed by atoms with Crippen LogP contribution in [-0.4, -0.2) is 24.0 Å². The van der Waals surface area contributed by atoms with Gasteiger partial charge in [0.15, 0.2) is 6.61 Å². The molecule has 5 nitrogen and oxygen atoms in total. The van der Waals surface area contributed by atoms with Gasteiger partial charge < -0.3 is 15.8 Å². The normalized spacial score (nSPS) is 12.6. The van der Waals surface area contributed by atoms with Crippen molar-refractivity contribution in [3.8, 4) is 0 Å². The number of carbonyl (C=O) groups excluding carboxylic acids is 2. The maximum Gasteiger partial charge on any atom is 0.313 e. The number of esters is 1. The molecule has 1 aromatic carbocycles. The SMILES string of the molecule is CCC(C)(C)NC(=O)COC(=O)C(C)c1cccc(N)c1. The minimum absolute atomic E-state index is 0.269. The van der Waals surface area contributed by atoms with Crippen molar-refractivity contribution in [1.29, 1.82) is 0 Å². The molecule has 0 aliphatic carbocycles. The van der Waals surface area contributed by atoms with Gasteiger partial charge >= 0.3 is 5.97 Å². The van der Waals surface area contributed by atoms with Crippen molar-refractivity contribution >= 4 is 17.6 Å². The van der Waals surface area contributed by atoms with Crippen LogP contribution in [0.4, 0.5) is 5.69 Å². The predicted octanol–water partition coefficient (Wildman–Crippen LogP) is 2.22. The number of hydrogen-bond acceptors (Lipinski definition) is 4. The summed E-state index contributed by atoms with van der Waals surface area (Å²) in [5.74, 6) is -1.19. The highest BCUT2D eigenvalue weighted by Crippen LogP contribution is 2.19. The van der Waals surface area contributed by atoms with Gasteiger partial charge in [-0.25, -0.2) is 0 Å². The zero-order valence-corrected chi connectivity index (χ0v) is 13.1. The Bertz CT molecular complexity index is 512. The summed E-state index contributed by atoms with van der Waals surface area (Å²) in [5.41, 5.74) is 6.75. The summed E-state index contributed by atoms with van der Waals surface area (Å²) < 4.78 is 5.06. The van der Waals surface area contributed by atoms with Crippen LogP contribution in [0.2, 0.25) is 0 Å². The average molecular weight is 292 g/mol. The lowest BCUT2D eigenvalue weighted by molar-refractivity contribution is -0.150. The number of nitrogen functional groups attached to an aromatic ring is 1. The topological polar surface area (TPSA) is 81.4 Å². The Morgan fingerprint density at radius 1 is 1.38 bits per heavy atom. The third-order valence-corrected chi connectivity index (χ3v) is 3.47. The highest BCUT2D eigenvalue weighted by molar-refractivity contribution is 5.83. The molecule has 1 rings (SSSR count). The first-order valence-corrected chi connectivity index (χ1v) is 7.08. The number of benzene rings is 1. The van der Waals surface area contributed by atoms with E-state index in [9.17, 15) is 9.59 Å². The van der Waals surface area contributed by atoms with Crippen LogP contribution < -0.4 is 11.1 Å². The molecule has 0 fully saturated rings. The molecule has 5 heteroatoms. The van der Waals surface area contributed by atoms with Crippen molar-refractivity contribution in [3.05, 3.63) is 29.8 Å². The summed E-state index contributed by atoms with van der Waals surface area (Å²) in [6.07, 6.45) is 0.798. The van der Waals surface area contributed by atoms with E-state index >= 15 is 0 Å². The molecule has 21 heavy (non-hydrogen) atoms. The van der Waals surface area contributed by atoms with E-state index in [1.165, 1.54) is 0 Å². The maximum absolute atomic E-state index is 12.0. The Kier molecular flexibility index (Phi) is 5.76. The summed E-state index contributed by atoms with van der Waals surface area (Å²) in [6, 6.07) is 7.07. The highest BCUT2D eigenvalue weighted by atomic mass is 16.5. The molecule has 0 bridgehead atoms. The molecule has 1 atom stereocenters. The van der Waals surface area contributed by atoms with E-state index in [4.69, 9.17) is 10.5 Å². The standard InChI is InChI=1S/C16H24N2O3/c1-5-16(3,4)18-14(19)10-21-15(20)11(2)12-7-6-8-13(17)9-12/h6-9,11H,5,10,17H2,1-4H3,(H,18,19). The number of anilines is 1. The van der Waals surface area contributed by atoms with Gasteiger partial charge in [0.05, 0.1) is 5.92 Å². The Balaban J connectivity index is 2.52. The fourth-order valence-corrected chi connectivity index (χ4v) is 1.73. The van der Waals surface area contributed by atoms with E-state index in [-0.39, 0.29) is 18.1 Å². The minimum atomic E-state index is -0.458. The molecule has 0 saturated carbocycles. The minimum Gasteiger partial charge on any atom is -0.455 e. The fraction of sp³-hybridized carbons (Fsp3) is 0.500. The third kappa shape index (κ3) is 5.45. The Hall–Kier alpha value is -2.04. The van der Waals surface area contributed by atoms with E-state index in [2.05, 4.69) is 5.32 Å². The lowest BCUT2D eigenvalue weighted by Gasteiger charge is -2.24. The van der Waals surface area contributed by atoms with Gasteiger partial charge in [0.25, 0.3) is 5.91 Å². The number of carbonyl (C=O) groups is 2. The monoisotopic (exact) mass is 292 g/mol. The van der Waals surface area contributed by atoms with E-state index in [1.54, 1.807) is 25.1 Å². The van der Waals surface area contributed by atoms with Gasteiger partial charge in [0, 0.05) is 11.2 Å². The van der Waals surface area contributed by atoms with Gasteiger partial charge in [-0.3, -0.25) is 9.59 Å². The van der Waals surface area contributed by atoms with Crippen molar-refractivity contribution in [1.82, 2.24) is 5.32 Å². The van der Waals surface area contributed by atoms with Crippen LogP contribution >= 0.6 is 0 Å². The number of hydrogen-bond donors (Lipinski definition) is 2. The van der Waals surface area contributed by atoms with Crippen LogP contribution in [0.5, 0.6) is 0 Å². The van der Waals surface area contributed by atoms with Crippen LogP contribution in [0, 0.1) is 0 Å². The van der Waals surface area contributed by atoms with Crippen LogP contribution in [0.3, 0.4) is 0 Å². The quantitative estimate of drug-likeness (QED) is 0.622. The van der Waals surface area contributed by atoms with Gasteiger partial charge in [-0.05, 0) is 44.9 Å². The van der Waals surface area contributed by atoms with E-state index in [1.807, 2.05) is 26.8 Å². The number of amides is 1. The second-order valence-corrected chi connectivity index (χ2v) is 5.79. The first-order chi connectivity index (χ1) is 9.75. The van der Waals surface area contributed by atoms with Gasteiger partial charge in [0.1, 0.15) is 0 Å². The zero-order valence-electron chi connectivity index (χ0n) is 13.1. The Morgan fingerprint density at radius 3 is 2.62 bits per heavy atom. The smallest absolute Gasteiger partial charge is 0.313 e. The van der Waals surface area contributed by atoms with Gasteiger partial charge in [-0.2, -0.15) is 0 Å². The molecule has 1 unspecified atom stereocenters. The Labute approximate surface area is 125 Å². The molecule has 0 aromatic heterocycles. The van der Waals surface area contributed by atoms with E-state index < -0.39 is 11.9 Å². The van der Waals surface area contributed by atoms with E-state index in [0.717, 1.165) is 12.0 Å². The van der Waals surface area contributed by atoms with Crippen LogP contribution in [0.25, 0.3) is 0 Å². The molecular formula is C16H24N2O3. The largest absolute Gasteiger partial charge is 0.455 e. The summed E-state index contributed by atoms with van der Waals surface area (Å²) in [4.78, 5) is 23.7. The lowest BCUT2D eigenvalue weighted by Crippen LogP contribution is -2.44. The van der Waals surface area contributed by atoms with Crippen molar-refractivity contribution in [3.63, 3.8) is 0 Å².